The molecule has 0 spiro atoms. The number of nitrogens with zero attached hydrogens (tertiary/aromatic N) is 2. The maximum atomic E-state index is 12.6. The van der Waals surface area contributed by atoms with Gasteiger partial charge in [-0.05, 0) is 56.0 Å². The Kier molecular flexibility index (Phi) is 4.98. The zero-order valence-electron chi connectivity index (χ0n) is 13.6. The lowest BCUT2D eigenvalue weighted by Gasteiger charge is -2.32. The number of rotatable bonds is 5. The van der Waals surface area contributed by atoms with Crippen LogP contribution < -0.4 is 10.2 Å². The van der Waals surface area contributed by atoms with Gasteiger partial charge in [0.05, 0.1) is 0 Å². The molecule has 1 N–H and O–H groups in total. The van der Waals surface area contributed by atoms with Gasteiger partial charge in [-0.15, -0.1) is 0 Å². The van der Waals surface area contributed by atoms with E-state index in [1.54, 1.807) is 0 Å². The summed E-state index contributed by atoms with van der Waals surface area (Å²) in [4.78, 5) is 17.0. The van der Waals surface area contributed by atoms with Crippen LogP contribution in [0.15, 0.2) is 18.2 Å². The number of amides is 1. The van der Waals surface area contributed by atoms with Crippen molar-refractivity contribution in [3.05, 3.63) is 29.3 Å². The van der Waals surface area contributed by atoms with Crippen molar-refractivity contribution in [2.45, 2.75) is 32.6 Å². The minimum absolute atomic E-state index is 0.198. The van der Waals surface area contributed by atoms with Crippen LogP contribution in [0.2, 0.25) is 0 Å². The minimum Gasteiger partial charge on any atom is -0.372 e. The van der Waals surface area contributed by atoms with Crippen molar-refractivity contribution < 1.29 is 4.79 Å². The van der Waals surface area contributed by atoms with Gasteiger partial charge in [-0.3, -0.25) is 4.79 Å². The van der Waals surface area contributed by atoms with Gasteiger partial charge >= 0.3 is 0 Å². The lowest BCUT2D eigenvalue weighted by molar-refractivity contribution is 0.0741. The third-order valence-electron chi connectivity index (χ3n) is 4.79. The number of fused-ring (bicyclic) bond motifs is 1. The van der Waals surface area contributed by atoms with Crippen LogP contribution >= 0.6 is 0 Å². The predicted octanol–water partition coefficient (Wildman–Crippen LogP) is 2.28. The first-order chi connectivity index (χ1) is 10.8. The summed E-state index contributed by atoms with van der Waals surface area (Å²) < 4.78 is 0. The average Bonchev–Trinajstić information content (AvgIpc) is 2.57. The molecule has 3 rings (SSSR count). The molecule has 120 valence electrons. The zero-order chi connectivity index (χ0) is 15.4. The molecule has 0 bridgehead atoms. The van der Waals surface area contributed by atoms with Gasteiger partial charge in [0.25, 0.3) is 5.91 Å². The summed E-state index contributed by atoms with van der Waals surface area (Å²) in [6, 6.07) is 6.43. The Morgan fingerprint density at radius 3 is 2.73 bits per heavy atom. The molecule has 0 unspecified atom stereocenters. The summed E-state index contributed by atoms with van der Waals surface area (Å²) >= 11 is 0. The Morgan fingerprint density at radius 1 is 1.14 bits per heavy atom. The van der Waals surface area contributed by atoms with Crippen molar-refractivity contribution in [1.29, 1.82) is 0 Å². The van der Waals surface area contributed by atoms with Gasteiger partial charge in [-0.1, -0.05) is 6.92 Å². The fourth-order valence-electron chi connectivity index (χ4n) is 3.48. The van der Waals surface area contributed by atoms with E-state index in [9.17, 15) is 4.79 Å². The number of hydrogen-bond acceptors (Lipinski definition) is 3. The Bertz CT molecular complexity index is 523. The number of carbonyl (C=O) groups is 1. The highest BCUT2D eigenvalue weighted by Crippen LogP contribution is 2.26. The van der Waals surface area contributed by atoms with E-state index in [1.807, 2.05) is 11.0 Å². The molecule has 22 heavy (non-hydrogen) atoms. The number of nitrogens with one attached hydrogen (secondary N) is 1. The quantitative estimate of drug-likeness (QED) is 0.848. The van der Waals surface area contributed by atoms with E-state index in [0.29, 0.717) is 0 Å². The molecule has 1 saturated heterocycles. The molecule has 1 amide bonds. The maximum Gasteiger partial charge on any atom is 0.254 e. The second-order valence-corrected chi connectivity index (χ2v) is 6.28. The van der Waals surface area contributed by atoms with E-state index < -0.39 is 0 Å². The Morgan fingerprint density at radius 2 is 1.95 bits per heavy atom. The van der Waals surface area contributed by atoms with Crippen molar-refractivity contribution in [1.82, 2.24) is 10.2 Å². The molecule has 2 aliphatic heterocycles. The molecule has 1 aromatic rings. The van der Waals surface area contributed by atoms with Crippen LogP contribution in [0.4, 0.5) is 5.69 Å². The molecule has 0 aromatic heterocycles. The van der Waals surface area contributed by atoms with Crippen molar-refractivity contribution in [3.63, 3.8) is 0 Å². The smallest absolute Gasteiger partial charge is 0.254 e. The SMILES string of the molecule is CCNCCN1CCc2cc(N3CCCCC3)ccc2C1=O. The molecule has 1 aromatic carbocycles. The molecule has 0 atom stereocenters. The maximum absolute atomic E-state index is 12.6. The number of hydrogen-bond donors (Lipinski definition) is 1. The van der Waals surface area contributed by atoms with Gasteiger partial charge in [0.1, 0.15) is 0 Å². The van der Waals surface area contributed by atoms with Crippen molar-refractivity contribution in [3.8, 4) is 0 Å². The summed E-state index contributed by atoms with van der Waals surface area (Å²) in [6.45, 7) is 7.89. The van der Waals surface area contributed by atoms with E-state index in [-0.39, 0.29) is 5.91 Å². The molecule has 1 fully saturated rings. The largest absolute Gasteiger partial charge is 0.372 e. The zero-order valence-corrected chi connectivity index (χ0v) is 13.6. The van der Waals surface area contributed by atoms with E-state index in [1.165, 1.54) is 30.5 Å². The first-order valence-corrected chi connectivity index (χ1v) is 8.67. The predicted molar refractivity (Wildman–Crippen MR) is 90.7 cm³/mol. The fourth-order valence-corrected chi connectivity index (χ4v) is 3.48. The normalized spacial score (nSPS) is 18.5. The van der Waals surface area contributed by atoms with Gasteiger partial charge in [0.15, 0.2) is 0 Å². The molecule has 2 heterocycles. The topological polar surface area (TPSA) is 35.6 Å². The van der Waals surface area contributed by atoms with Gasteiger partial charge in [0.2, 0.25) is 0 Å². The first kappa shape index (κ1) is 15.3. The third kappa shape index (κ3) is 3.27. The van der Waals surface area contributed by atoms with Crippen molar-refractivity contribution in [2.75, 3.05) is 44.2 Å². The number of likely N-dealkylation sites (N-methyl/N-ethyl adjacent to an activating group) is 1. The van der Waals surface area contributed by atoms with Crippen LogP contribution in [0.1, 0.15) is 42.1 Å². The summed E-state index contributed by atoms with van der Waals surface area (Å²) in [6.07, 6.45) is 4.90. The second-order valence-electron chi connectivity index (χ2n) is 6.28. The Labute approximate surface area is 133 Å². The third-order valence-corrected chi connectivity index (χ3v) is 4.79. The van der Waals surface area contributed by atoms with Gasteiger partial charge < -0.3 is 15.1 Å². The van der Waals surface area contributed by atoms with E-state index in [4.69, 9.17) is 0 Å². The molecule has 4 nitrogen and oxygen atoms in total. The Balaban J connectivity index is 1.70. The summed E-state index contributed by atoms with van der Waals surface area (Å²) in [5, 5.41) is 3.29. The molecule has 2 aliphatic rings. The van der Waals surface area contributed by atoms with Crippen molar-refractivity contribution in [2.24, 2.45) is 0 Å². The van der Waals surface area contributed by atoms with Crippen molar-refractivity contribution >= 4 is 11.6 Å². The lowest BCUT2D eigenvalue weighted by Crippen LogP contribution is -2.41. The molecule has 4 heteroatoms. The van der Waals surface area contributed by atoms with Gasteiger partial charge in [0, 0.05) is 44.0 Å². The van der Waals surface area contributed by atoms with E-state index in [2.05, 4.69) is 29.3 Å². The number of anilines is 1. The summed E-state index contributed by atoms with van der Waals surface area (Å²) in [5.41, 5.74) is 3.43. The lowest BCUT2D eigenvalue weighted by atomic mass is 9.97. The highest BCUT2D eigenvalue weighted by molar-refractivity contribution is 5.97. The van der Waals surface area contributed by atoms with Crippen LogP contribution in [0.3, 0.4) is 0 Å². The van der Waals surface area contributed by atoms with Crippen LogP contribution in [0, 0.1) is 0 Å². The monoisotopic (exact) mass is 301 g/mol. The number of benzene rings is 1. The van der Waals surface area contributed by atoms with Gasteiger partial charge in [-0.25, -0.2) is 0 Å². The first-order valence-electron chi connectivity index (χ1n) is 8.67. The summed E-state index contributed by atoms with van der Waals surface area (Å²) in [5.74, 6) is 0.198. The van der Waals surface area contributed by atoms with Crippen LogP contribution in [-0.2, 0) is 6.42 Å². The van der Waals surface area contributed by atoms with E-state index >= 15 is 0 Å². The van der Waals surface area contributed by atoms with Crippen LogP contribution in [0.5, 0.6) is 0 Å². The van der Waals surface area contributed by atoms with E-state index in [0.717, 1.165) is 51.3 Å². The van der Waals surface area contributed by atoms with Gasteiger partial charge in [-0.2, -0.15) is 0 Å². The highest BCUT2D eigenvalue weighted by Gasteiger charge is 2.24. The fraction of sp³-hybridized carbons (Fsp3) is 0.611. The number of piperidine rings is 1. The molecule has 0 saturated carbocycles. The average molecular weight is 301 g/mol. The van der Waals surface area contributed by atoms with Crippen LogP contribution in [0.25, 0.3) is 0 Å². The number of carbonyl (C=O) groups excluding carboxylic acids is 1. The highest BCUT2D eigenvalue weighted by atomic mass is 16.2. The standard InChI is InChI=1S/C18H27N3O/c1-2-19-9-13-21-12-8-15-14-16(6-7-17(15)18(21)22)20-10-4-3-5-11-20/h6-7,14,19H,2-5,8-13H2,1H3. The minimum atomic E-state index is 0.198. The molecular weight excluding hydrogens is 274 g/mol. The molecular formula is C18H27N3O. The molecule has 0 aliphatic carbocycles. The van der Waals surface area contributed by atoms with Crippen LogP contribution in [-0.4, -0.2) is 50.1 Å². The summed E-state index contributed by atoms with van der Waals surface area (Å²) in [7, 11) is 0. The Hall–Kier alpha value is -1.55. The molecule has 0 radical (unpaired) electrons. The second kappa shape index (κ2) is 7.14.